The standard InChI is InChI=1S/C23H28NO2Si/c1-23(2,3)15-9-11-18(12-10-15)27(17-7-5-4-6-8-17)26-16-13-19-20(14-16)21(19)22(24)25/h4-12,16,19-21H,13-14H2,1-3H3,(H2,24,25). The van der Waals surface area contributed by atoms with E-state index in [1.54, 1.807) is 0 Å². The second-order valence-electron chi connectivity index (χ2n) is 8.99. The fourth-order valence-corrected chi connectivity index (χ4v) is 6.59. The van der Waals surface area contributed by atoms with Crippen LogP contribution in [0.25, 0.3) is 0 Å². The number of fused-ring (bicyclic) bond motifs is 1. The number of benzene rings is 2. The number of carbonyl (C=O) groups excluding carboxylic acids is 1. The van der Waals surface area contributed by atoms with Crippen LogP contribution in [0.1, 0.15) is 39.2 Å². The molecule has 2 aliphatic carbocycles. The van der Waals surface area contributed by atoms with Gasteiger partial charge in [-0.05, 0) is 46.0 Å². The van der Waals surface area contributed by atoms with Crippen LogP contribution >= 0.6 is 0 Å². The molecule has 0 aromatic heterocycles. The summed E-state index contributed by atoms with van der Waals surface area (Å²) in [5.74, 6) is 0.878. The molecule has 0 saturated heterocycles. The van der Waals surface area contributed by atoms with Gasteiger partial charge >= 0.3 is 0 Å². The van der Waals surface area contributed by atoms with Crippen LogP contribution in [-0.4, -0.2) is 21.1 Å². The maximum absolute atomic E-state index is 11.4. The Balaban J connectivity index is 1.53. The molecule has 4 rings (SSSR count). The third-order valence-corrected chi connectivity index (χ3v) is 8.35. The molecule has 3 nitrogen and oxygen atoms in total. The van der Waals surface area contributed by atoms with Crippen LogP contribution in [0.15, 0.2) is 54.6 Å². The topological polar surface area (TPSA) is 52.3 Å². The Bertz CT molecular complexity index is 801. The summed E-state index contributed by atoms with van der Waals surface area (Å²) in [6, 6.07) is 19.5. The highest BCUT2D eigenvalue weighted by molar-refractivity contribution is 6.80. The smallest absolute Gasteiger partial charge is 0.283 e. The van der Waals surface area contributed by atoms with Crippen LogP contribution in [0.5, 0.6) is 0 Å². The summed E-state index contributed by atoms with van der Waals surface area (Å²) in [7, 11) is -1.30. The van der Waals surface area contributed by atoms with E-state index in [1.165, 1.54) is 15.9 Å². The molecule has 2 saturated carbocycles. The lowest BCUT2D eigenvalue weighted by Crippen LogP contribution is -2.47. The van der Waals surface area contributed by atoms with Crippen molar-refractivity contribution in [3.63, 3.8) is 0 Å². The number of nitrogens with two attached hydrogens (primary N) is 1. The first-order valence-electron chi connectivity index (χ1n) is 9.84. The molecule has 2 aliphatic rings. The van der Waals surface area contributed by atoms with Gasteiger partial charge in [0.2, 0.25) is 5.91 Å². The lowest BCUT2D eigenvalue weighted by Gasteiger charge is -2.24. The third-order valence-electron chi connectivity index (χ3n) is 6.06. The van der Waals surface area contributed by atoms with Crippen LogP contribution in [0.3, 0.4) is 0 Å². The molecule has 2 unspecified atom stereocenters. The van der Waals surface area contributed by atoms with Crippen LogP contribution < -0.4 is 16.1 Å². The predicted octanol–water partition coefficient (Wildman–Crippen LogP) is 2.62. The lowest BCUT2D eigenvalue weighted by molar-refractivity contribution is -0.120. The molecule has 2 aromatic rings. The highest BCUT2D eigenvalue weighted by Gasteiger charge is 2.59. The predicted molar refractivity (Wildman–Crippen MR) is 110 cm³/mol. The fourth-order valence-electron chi connectivity index (χ4n) is 4.49. The van der Waals surface area contributed by atoms with Crippen molar-refractivity contribution in [3.05, 3.63) is 60.2 Å². The summed E-state index contributed by atoms with van der Waals surface area (Å²) >= 11 is 0. The molecule has 2 aromatic carbocycles. The average Bonchev–Trinajstić information content (AvgIpc) is 3.16. The van der Waals surface area contributed by atoms with Crippen molar-refractivity contribution >= 4 is 25.3 Å². The average molecular weight is 379 g/mol. The van der Waals surface area contributed by atoms with Gasteiger partial charge in [-0.25, -0.2) is 0 Å². The van der Waals surface area contributed by atoms with E-state index in [0.29, 0.717) is 11.8 Å². The number of rotatable bonds is 5. The van der Waals surface area contributed by atoms with Crippen LogP contribution in [0, 0.1) is 17.8 Å². The van der Waals surface area contributed by atoms with E-state index in [9.17, 15) is 4.79 Å². The Morgan fingerprint density at radius 3 is 2.04 bits per heavy atom. The van der Waals surface area contributed by atoms with E-state index in [1.807, 2.05) is 6.07 Å². The summed E-state index contributed by atoms with van der Waals surface area (Å²) in [5, 5.41) is 2.56. The van der Waals surface area contributed by atoms with Gasteiger partial charge in [-0.2, -0.15) is 0 Å². The van der Waals surface area contributed by atoms with Crippen molar-refractivity contribution < 1.29 is 9.22 Å². The Hall–Kier alpha value is -1.91. The highest BCUT2D eigenvalue weighted by atomic mass is 28.3. The molecule has 1 amide bonds. The molecule has 0 bridgehead atoms. The molecule has 2 fully saturated rings. The number of primary amides is 1. The van der Waals surface area contributed by atoms with Gasteiger partial charge in [0.25, 0.3) is 9.04 Å². The summed E-state index contributed by atoms with van der Waals surface area (Å²) in [4.78, 5) is 11.4. The lowest BCUT2D eigenvalue weighted by atomic mass is 9.87. The van der Waals surface area contributed by atoms with E-state index >= 15 is 0 Å². The molecule has 4 heteroatoms. The zero-order valence-electron chi connectivity index (χ0n) is 16.3. The van der Waals surface area contributed by atoms with Gasteiger partial charge in [-0.1, -0.05) is 75.4 Å². The van der Waals surface area contributed by atoms with E-state index in [4.69, 9.17) is 10.2 Å². The molecule has 0 heterocycles. The molecular weight excluding hydrogens is 350 g/mol. The van der Waals surface area contributed by atoms with E-state index in [2.05, 4.69) is 69.3 Å². The maximum Gasteiger partial charge on any atom is 0.283 e. The van der Waals surface area contributed by atoms with Crippen LogP contribution in [0.4, 0.5) is 0 Å². The molecule has 2 N–H and O–H groups in total. The Morgan fingerprint density at radius 1 is 0.963 bits per heavy atom. The quantitative estimate of drug-likeness (QED) is 0.813. The van der Waals surface area contributed by atoms with Gasteiger partial charge in [-0.3, -0.25) is 4.79 Å². The van der Waals surface area contributed by atoms with Gasteiger partial charge in [0.15, 0.2) is 0 Å². The Morgan fingerprint density at radius 2 is 1.52 bits per heavy atom. The molecule has 27 heavy (non-hydrogen) atoms. The molecule has 0 aliphatic heterocycles. The summed E-state index contributed by atoms with van der Waals surface area (Å²) in [5.41, 5.74) is 6.98. The summed E-state index contributed by atoms with van der Waals surface area (Å²) in [6.45, 7) is 6.71. The van der Waals surface area contributed by atoms with Crippen molar-refractivity contribution in [2.75, 3.05) is 0 Å². The minimum Gasteiger partial charge on any atom is -0.404 e. The first kappa shape index (κ1) is 18.5. The van der Waals surface area contributed by atoms with Gasteiger partial charge in [0.1, 0.15) is 0 Å². The van der Waals surface area contributed by atoms with Crippen molar-refractivity contribution in [2.24, 2.45) is 23.5 Å². The zero-order valence-corrected chi connectivity index (χ0v) is 17.3. The van der Waals surface area contributed by atoms with Gasteiger partial charge in [-0.15, -0.1) is 0 Å². The van der Waals surface area contributed by atoms with E-state index < -0.39 is 9.04 Å². The Kier molecular flexibility index (Phi) is 4.73. The highest BCUT2D eigenvalue weighted by Crippen LogP contribution is 2.58. The number of carbonyl (C=O) groups is 1. The summed E-state index contributed by atoms with van der Waals surface area (Å²) in [6.07, 6.45) is 2.19. The first-order valence-corrected chi connectivity index (χ1v) is 11.2. The fraction of sp³-hybridized carbons (Fsp3) is 0.435. The molecule has 141 valence electrons. The minimum absolute atomic E-state index is 0.100. The molecular formula is C23H28NO2Si. The second-order valence-corrected chi connectivity index (χ2v) is 11.0. The third kappa shape index (κ3) is 3.74. The Labute approximate surface area is 163 Å². The van der Waals surface area contributed by atoms with Crippen LogP contribution in [0.2, 0.25) is 0 Å². The van der Waals surface area contributed by atoms with Gasteiger partial charge < -0.3 is 10.2 Å². The largest absolute Gasteiger partial charge is 0.404 e. The number of hydrogen-bond donors (Lipinski definition) is 1. The molecule has 2 atom stereocenters. The van der Waals surface area contributed by atoms with Gasteiger partial charge in [0.05, 0.1) is 0 Å². The molecule has 1 radical (unpaired) electrons. The first-order chi connectivity index (χ1) is 12.8. The molecule has 0 spiro atoms. The van der Waals surface area contributed by atoms with Gasteiger partial charge in [0, 0.05) is 12.0 Å². The number of hydrogen-bond acceptors (Lipinski definition) is 2. The second kappa shape index (κ2) is 6.92. The SMILES string of the molecule is CC(C)(C)c1ccc([Si](OC2CC3C(C2)C3C(N)=O)c2ccccc2)cc1. The minimum atomic E-state index is -1.30. The van der Waals surface area contributed by atoms with Crippen LogP contribution in [-0.2, 0) is 14.6 Å². The summed E-state index contributed by atoms with van der Waals surface area (Å²) < 4.78 is 6.69. The van der Waals surface area contributed by atoms with Crippen molar-refractivity contribution in [1.82, 2.24) is 0 Å². The number of amides is 1. The monoisotopic (exact) mass is 378 g/mol. The van der Waals surface area contributed by atoms with Crippen molar-refractivity contribution in [3.8, 4) is 0 Å². The van der Waals surface area contributed by atoms with E-state index in [-0.39, 0.29) is 23.3 Å². The van der Waals surface area contributed by atoms with Crippen molar-refractivity contribution in [1.29, 1.82) is 0 Å². The zero-order chi connectivity index (χ0) is 19.2. The maximum atomic E-state index is 11.4. The van der Waals surface area contributed by atoms with Crippen molar-refractivity contribution in [2.45, 2.75) is 45.1 Å². The van der Waals surface area contributed by atoms with E-state index in [0.717, 1.165) is 12.8 Å². The normalized spacial score (nSPS) is 26.8.